The number of rotatable bonds is 5. The summed E-state index contributed by atoms with van der Waals surface area (Å²) in [5.41, 5.74) is 8.58. The molecule has 0 aliphatic carbocycles. The van der Waals surface area contributed by atoms with Crippen LogP contribution in [0.5, 0.6) is 11.5 Å². The van der Waals surface area contributed by atoms with Gasteiger partial charge in [-0.05, 0) is 72.7 Å². The van der Waals surface area contributed by atoms with Gasteiger partial charge in [-0.1, -0.05) is 29.3 Å². The van der Waals surface area contributed by atoms with Crippen molar-refractivity contribution in [3.05, 3.63) is 52.5 Å². The molecule has 28 heavy (non-hydrogen) atoms. The molecule has 0 radical (unpaired) electrons. The molecule has 0 heterocycles. The van der Waals surface area contributed by atoms with Gasteiger partial charge >= 0.3 is 0 Å². The van der Waals surface area contributed by atoms with Crippen LogP contribution in [0.2, 0.25) is 5.02 Å². The third-order valence-electron chi connectivity index (χ3n) is 3.53. The smallest absolute Gasteiger partial charge is 0.172 e. The minimum absolute atomic E-state index is 0.242. The molecular formula is C22H29ClN4O. The number of nitriles is 1. The summed E-state index contributed by atoms with van der Waals surface area (Å²) in [6.07, 6.45) is 0. The number of hydrogen-bond donors (Lipinski definition) is 2. The zero-order valence-corrected chi connectivity index (χ0v) is 18.4. The van der Waals surface area contributed by atoms with E-state index in [-0.39, 0.29) is 11.1 Å². The van der Waals surface area contributed by atoms with Crippen molar-refractivity contribution < 1.29 is 4.74 Å². The Kier molecular flexibility index (Phi) is 6.61. The number of aryl methyl sites for hydroxylation is 1. The molecule has 5 nitrogen and oxygen atoms in total. The average Bonchev–Trinajstić information content (AvgIpc) is 2.55. The van der Waals surface area contributed by atoms with E-state index < -0.39 is 0 Å². The highest BCUT2D eigenvalue weighted by molar-refractivity contribution is 6.32. The summed E-state index contributed by atoms with van der Waals surface area (Å²) >= 11 is 6.52. The minimum Gasteiger partial charge on any atom is -0.453 e. The van der Waals surface area contributed by atoms with Gasteiger partial charge in [-0.2, -0.15) is 5.26 Å². The highest BCUT2D eigenvalue weighted by atomic mass is 35.5. The van der Waals surface area contributed by atoms with Crippen molar-refractivity contribution in [3.8, 4) is 17.6 Å². The van der Waals surface area contributed by atoms with E-state index >= 15 is 0 Å². The second kappa shape index (κ2) is 8.40. The van der Waals surface area contributed by atoms with Gasteiger partial charge in [0.15, 0.2) is 5.75 Å². The molecule has 0 aromatic heterocycles. The van der Waals surface area contributed by atoms with E-state index in [2.05, 4.69) is 58.5 Å². The highest BCUT2D eigenvalue weighted by Crippen LogP contribution is 2.39. The first-order chi connectivity index (χ1) is 12.9. The summed E-state index contributed by atoms with van der Waals surface area (Å²) in [6.45, 7) is 14.4. The number of halogens is 1. The van der Waals surface area contributed by atoms with E-state index in [4.69, 9.17) is 16.3 Å². The molecule has 6 heteroatoms. The number of nitrogens with zero attached hydrogens (tertiary/aromatic N) is 2. The van der Waals surface area contributed by atoms with Gasteiger partial charge in [0, 0.05) is 11.1 Å². The molecule has 2 aromatic carbocycles. The standard InChI is InChI=1S/C22H29ClN4O/c1-15-8-10-17(11-9-15)28-20-18(23)12-16(14-24)13-19(20)27(25-21(2,3)4)26-22(5,6)7/h8-13,25-26H,1-7H3. The summed E-state index contributed by atoms with van der Waals surface area (Å²) in [5, 5.41) is 11.6. The van der Waals surface area contributed by atoms with E-state index in [0.717, 1.165) is 5.56 Å². The fourth-order valence-corrected chi connectivity index (χ4v) is 2.71. The van der Waals surface area contributed by atoms with Crippen molar-refractivity contribution in [2.24, 2.45) is 0 Å². The molecule has 0 fully saturated rings. The number of nitrogens with one attached hydrogen (secondary N) is 2. The van der Waals surface area contributed by atoms with Crippen molar-refractivity contribution >= 4 is 17.3 Å². The van der Waals surface area contributed by atoms with Crippen LogP contribution in [0.15, 0.2) is 36.4 Å². The molecule has 0 aliphatic rings. The molecule has 0 saturated heterocycles. The Balaban J connectivity index is 2.57. The lowest BCUT2D eigenvalue weighted by Crippen LogP contribution is -2.61. The molecule has 0 bridgehead atoms. The highest BCUT2D eigenvalue weighted by Gasteiger charge is 2.25. The normalized spacial score (nSPS) is 11.8. The summed E-state index contributed by atoms with van der Waals surface area (Å²) in [5.74, 6) is 1.14. The maximum atomic E-state index is 9.44. The van der Waals surface area contributed by atoms with Crippen LogP contribution in [-0.2, 0) is 0 Å². The van der Waals surface area contributed by atoms with Crippen LogP contribution in [0, 0.1) is 18.3 Å². The quantitative estimate of drug-likeness (QED) is 0.628. The fourth-order valence-electron chi connectivity index (χ4n) is 2.45. The third-order valence-corrected chi connectivity index (χ3v) is 3.81. The summed E-state index contributed by atoms with van der Waals surface area (Å²) < 4.78 is 6.14. The third kappa shape index (κ3) is 6.42. The number of benzene rings is 2. The summed E-state index contributed by atoms with van der Waals surface area (Å²) in [7, 11) is 0. The molecule has 0 spiro atoms. The van der Waals surface area contributed by atoms with Gasteiger partial charge in [-0.3, -0.25) is 0 Å². The number of hydrazine groups is 2. The van der Waals surface area contributed by atoms with E-state index in [9.17, 15) is 5.26 Å². The van der Waals surface area contributed by atoms with Crippen molar-refractivity contribution in [2.75, 3.05) is 5.12 Å². The number of ether oxygens (including phenoxy) is 1. The first-order valence-corrected chi connectivity index (χ1v) is 9.60. The van der Waals surface area contributed by atoms with Crippen LogP contribution < -0.4 is 20.7 Å². The Hall–Kier alpha value is -2.26. The van der Waals surface area contributed by atoms with Crippen LogP contribution in [0.25, 0.3) is 0 Å². The molecule has 2 rings (SSSR count). The predicted molar refractivity (Wildman–Crippen MR) is 116 cm³/mol. The van der Waals surface area contributed by atoms with Gasteiger partial charge in [-0.25, -0.2) is 16.0 Å². The van der Waals surface area contributed by atoms with Gasteiger partial charge in [0.1, 0.15) is 11.4 Å². The van der Waals surface area contributed by atoms with E-state index in [1.807, 2.05) is 31.2 Å². The zero-order chi connectivity index (χ0) is 21.1. The maximum Gasteiger partial charge on any atom is 0.172 e. The fraction of sp³-hybridized carbons (Fsp3) is 0.409. The average molecular weight is 401 g/mol. The first-order valence-electron chi connectivity index (χ1n) is 9.22. The molecule has 0 saturated carbocycles. The largest absolute Gasteiger partial charge is 0.453 e. The number of anilines is 1. The Labute approximate surface area is 173 Å². The molecule has 2 N–H and O–H groups in total. The van der Waals surface area contributed by atoms with Crippen molar-refractivity contribution in [3.63, 3.8) is 0 Å². The van der Waals surface area contributed by atoms with Gasteiger partial charge in [-0.15, -0.1) is 0 Å². The lowest BCUT2D eigenvalue weighted by atomic mass is 10.1. The van der Waals surface area contributed by atoms with E-state index in [1.54, 1.807) is 17.3 Å². The minimum atomic E-state index is -0.242. The first kappa shape index (κ1) is 22.0. The molecular weight excluding hydrogens is 372 g/mol. The molecule has 0 aliphatic heterocycles. The van der Waals surface area contributed by atoms with Crippen LogP contribution in [-0.4, -0.2) is 11.1 Å². The Morgan fingerprint density at radius 2 is 1.50 bits per heavy atom. The molecule has 0 amide bonds. The zero-order valence-electron chi connectivity index (χ0n) is 17.6. The SMILES string of the molecule is Cc1ccc(Oc2c(Cl)cc(C#N)cc2N(NC(C)(C)C)NC(C)(C)C)cc1. The maximum absolute atomic E-state index is 9.44. The van der Waals surface area contributed by atoms with E-state index in [1.165, 1.54) is 0 Å². The van der Waals surface area contributed by atoms with Gasteiger partial charge in [0.25, 0.3) is 0 Å². The second-order valence-corrected chi connectivity index (χ2v) is 9.30. The van der Waals surface area contributed by atoms with Crippen LogP contribution in [0.1, 0.15) is 52.7 Å². The molecule has 0 atom stereocenters. The Morgan fingerprint density at radius 3 is 1.96 bits per heavy atom. The molecule has 150 valence electrons. The monoisotopic (exact) mass is 400 g/mol. The van der Waals surface area contributed by atoms with E-state index in [0.29, 0.717) is 27.8 Å². The number of hydrogen-bond acceptors (Lipinski definition) is 5. The van der Waals surface area contributed by atoms with Crippen molar-refractivity contribution in [1.29, 1.82) is 5.26 Å². The van der Waals surface area contributed by atoms with Gasteiger partial charge < -0.3 is 4.74 Å². The Bertz CT molecular complexity index is 842. The summed E-state index contributed by atoms with van der Waals surface area (Å²) in [4.78, 5) is 0. The van der Waals surface area contributed by atoms with Crippen LogP contribution in [0.4, 0.5) is 5.69 Å². The molecule has 0 unspecified atom stereocenters. The van der Waals surface area contributed by atoms with Gasteiger partial charge in [0.05, 0.1) is 16.7 Å². The van der Waals surface area contributed by atoms with Crippen LogP contribution >= 0.6 is 11.6 Å². The van der Waals surface area contributed by atoms with Crippen LogP contribution in [0.3, 0.4) is 0 Å². The molecule has 2 aromatic rings. The van der Waals surface area contributed by atoms with Crippen molar-refractivity contribution in [1.82, 2.24) is 10.9 Å². The lowest BCUT2D eigenvalue weighted by Gasteiger charge is -2.38. The topological polar surface area (TPSA) is 60.3 Å². The van der Waals surface area contributed by atoms with Gasteiger partial charge in [0.2, 0.25) is 0 Å². The lowest BCUT2D eigenvalue weighted by molar-refractivity contribution is 0.311. The second-order valence-electron chi connectivity index (χ2n) is 8.89. The van der Waals surface area contributed by atoms with Crippen molar-refractivity contribution in [2.45, 2.75) is 59.5 Å². The Morgan fingerprint density at radius 1 is 0.964 bits per heavy atom. The summed E-state index contributed by atoms with van der Waals surface area (Å²) in [6, 6.07) is 13.3. The predicted octanol–water partition coefficient (Wildman–Crippen LogP) is 5.73.